The minimum absolute atomic E-state index is 0.0819. The second-order valence-corrected chi connectivity index (χ2v) is 5.44. The minimum Gasteiger partial charge on any atom is -0.490 e. The Balaban J connectivity index is 1.96. The molecule has 3 rings (SSSR count). The number of carbonyl (C=O) groups is 4. The van der Waals surface area contributed by atoms with Crippen LogP contribution in [-0.4, -0.2) is 35.5 Å². The van der Waals surface area contributed by atoms with Crippen LogP contribution in [0.5, 0.6) is 5.75 Å². The zero-order valence-corrected chi connectivity index (χ0v) is 13.8. The van der Waals surface area contributed by atoms with Gasteiger partial charge in [-0.1, -0.05) is 6.07 Å². The van der Waals surface area contributed by atoms with Crippen LogP contribution in [0.1, 0.15) is 31.1 Å². The fraction of sp³-hybridized carbons (Fsp3) is 0.0588. The number of carbonyl (C=O) groups excluding carboxylic acids is 4. The number of nitrogens with zero attached hydrogens (tertiary/aromatic N) is 1. The smallest absolute Gasteiger partial charge is 0.323 e. The molecule has 0 aromatic heterocycles. The van der Waals surface area contributed by atoms with E-state index in [-0.39, 0.29) is 28.1 Å². The maximum atomic E-state index is 12.5. The van der Waals surface area contributed by atoms with E-state index in [2.05, 4.69) is 5.32 Å². The molecule has 1 aliphatic heterocycles. The van der Waals surface area contributed by atoms with Crippen molar-refractivity contribution in [1.29, 1.82) is 0 Å². The summed E-state index contributed by atoms with van der Waals surface area (Å²) in [5.41, 5.74) is -0.804. The number of hydrogen-bond donors (Lipinski definition) is 2. The maximum Gasteiger partial charge on any atom is 0.323 e. The number of ether oxygens (including phenoxy) is 1. The Bertz CT molecular complexity index is 1030. The van der Waals surface area contributed by atoms with Crippen molar-refractivity contribution >= 4 is 34.9 Å². The first kappa shape index (κ1) is 17.7. The standard InChI is InChI=1S/C17H11N3O7/c1-27-12-4-2-3-10(13(12)20(25)26)15(22)18-8-5-6-9-11(7-8)16(23)19-17(24)14(9)21/h2-7H,1H3,(H,18,22)(H,19,23,24). The lowest BCUT2D eigenvalue weighted by Gasteiger charge is -2.15. The van der Waals surface area contributed by atoms with Crippen LogP contribution < -0.4 is 15.4 Å². The van der Waals surface area contributed by atoms with E-state index in [4.69, 9.17) is 4.74 Å². The summed E-state index contributed by atoms with van der Waals surface area (Å²) in [4.78, 5) is 58.0. The molecule has 1 aliphatic rings. The summed E-state index contributed by atoms with van der Waals surface area (Å²) in [6.07, 6.45) is 0. The largest absolute Gasteiger partial charge is 0.490 e. The number of nitro groups is 1. The van der Waals surface area contributed by atoms with Crippen LogP contribution in [0.2, 0.25) is 0 Å². The SMILES string of the molecule is COc1cccc(C(=O)Nc2ccc3c(c2)C(=O)NC(=O)C3=O)c1[N+](=O)[O-]. The van der Waals surface area contributed by atoms with Gasteiger partial charge in [0, 0.05) is 11.3 Å². The first-order chi connectivity index (χ1) is 12.8. The molecule has 10 heteroatoms. The third-order valence-electron chi connectivity index (χ3n) is 3.85. The van der Waals surface area contributed by atoms with Gasteiger partial charge in [-0.05, 0) is 30.3 Å². The number of methoxy groups -OCH3 is 1. The average molecular weight is 369 g/mol. The maximum absolute atomic E-state index is 12.5. The summed E-state index contributed by atoms with van der Waals surface area (Å²) in [7, 11) is 1.24. The van der Waals surface area contributed by atoms with Gasteiger partial charge in [-0.2, -0.15) is 0 Å². The molecule has 0 saturated carbocycles. The van der Waals surface area contributed by atoms with Gasteiger partial charge in [0.2, 0.25) is 0 Å². The number of rotatable bonds is 4. The molecule has 2 aromatic rings. The second kappa shape index (κ2) is 6.67. The Hall–Kier alpha value is -4.08. The van der Waals surface area contributed by atoms with Crippen molar-refractivity contribution in [2.75, 3.05) is 12.4 Å². The second-order valence-electron chi connectivity index (χ2n) is 5.44. The van der Waals surface area contributed by atoms with E-state index in [0.717, 1.165) is 0 Å². The first-order valence-corrected chi connectivity index (χ1v) is 7.50. The van der Waals surface area contributed by atoms with Gasteiger partial charge < -0.3 is 10.1 Å². The fourth-order valence-corrected chi connectivity index (χ4v) is 2.61. The number of Topliss-reactive ketones (excluding diaryl/α,β-unsaturated/α-hetero) is 1. The Kier molecular flexibility index (Phi) is 4.38. The molecule has 2 N–H and O–H groups in total. The molecule has 0 spiro atoms. The number of para-hydroxylation sites is 1. The summed E-state index contributed by atoms with van der Waals surface area (Å²) >= 11 is 0. The lowest BCUT2D eigenvalue weighted by molar-refractivity contribution is -0.386. The molecular formula is C17H11N3O7. The molecule has 0 atom stereocenters. The monoisotopic (exact) mass is 369 g/mol. The van der Waals surface area contributed by atoms with E-state index < -0.39 is 34.1 Å². The lowest BCUT2D eigenvalue weighted by atomic mass is 9.98. The van der Waals surface area contributed by atoms with Crippen LogP contribution in [0.3, 0.4) is 0 Å². The van der Waals surface area contributed by atoms with Crippen molar-refractivity contribution in [2.45, 2.75) is 0 Å². The van der Waals surface area contributed by atoms with Gasteiger partial charge in [0.1, 0.15) is 5.56 Å². The van der Waals surface area contributed by atoms with Gasteiger partial charge in [0.15, 0.2) is 5.75 Å². The highest BCUT2D eigenvalue weighted by molar-refractivity contribution is 6.49. The van der Waals surface area contributed by atoms with E-state index in [1.165, 1.54) is 43.5 Å². The van der Waals surface area contributed by atoms with Crippen LogP contribution in [-0.2, 0) is 4.79 Å². The lowest BCUT2D eigenvalue weighted by Crippen LogP contribution is -2.42. The summed E-state index contributed by atoms with van der Waals surface area (Å²) in [6, 6.07) is 7.77. The topological polar surface area (TPSA) is 145 Å². The molecular weight excluding hydrogens is 358 g/mol. The molecule has 3 amide bonds. The van der Waals surface area contributed by atoms with Gasteiger partial charge in [-0.25, -0.2) is 0 Å². The Morgan fingerprint density at radius 2 is 1.85 bits per heavy atom. The van der Waals surface area contributed by atoms with Crippen LogP contribution in [0.15, 0.2) is 36.4 Å². The molecule has 1 heterocycles. The molecule has 2 aromatic carbocycles. The quantitative estimate of drug-likeness (QED) is 0.358. The number of nitrogens with one attached hydrogen (secondary N) is 2. The van der Waals surface area contributed by atoms with E-state index in [0.29, 0.717) is 0 Å². The van der Waals surface area contributed by atoms with Crippen molar-refractivity contribution in [3.8, 4) is 5.75 Å². The van der Waals surface area contributed by atoms with Crippen molar-refractivity contribution in [3.63, 3.8) is 0 Å². The van der Waals surface area contributed by atoms with E-state index >= 15 is 0 Å². The van der Waals surface area contributed by atoms with Crippen molar-refractivity contribution in [1.82, 2.24) is 5.32 Å². The predicted molar refractivity (Wildman–Crippen MR) is 90.8 cm³/mol. The van der Waals surface area contributed by atoms with Crippen LogP contribution in [0, 0.1) is 10.1 Å². The number of hydrogen-bond acceptors (Lipinski definition) is 7. The Labute approximate surface area is 151 Å². The Morgan fingerprint density at radius 1 is 1.11 bits per heavy atom. The number of nitro benzene ring substituents is 1. The average Bonchev–Trinajstić information content (AvgIpc) is 2.65. The highest BCUT2D eigenvalue weighted by Gasteiger charge is 2.31. The number of imide groups is 1. The van der Waals surface area contributed by atoms with Crippen LogP contribution in [0.25, 0.3) is 0 Å². The summed E-state index contributed by atoms with van der Waals surface area (Å²) < 4.78 is 4.91. The van der Waals surface area contributed by atoms with E-state index in [1.807, 2.05) is 5.32 Å². The summed E-state index contributed by atoms with van der Waals surface area (Å²) in [5, 5.41) is 15.6. The summed E-state index contributed by atoms with van der Waals surface area (Å²) in [6.45, 7) is 0. The number of fused-ring (bicyclic) bond motifs is 1. The third kappa shape index (κ3) is 3.11. The van der Waals surface area contributed by atoms with Crippen LogP contribution >= 0.6 is 0 Å². The summed E-state index contributed by atoms with van der Waals surface area (Å²) in [5.74, 6) is -3.57. The predicted octanol–water partition coefficient (Wildman–Crippen LogP) is 1.31. The molecule has 0 radical (unpaired) electrons. The molecule has 0 fully saturated rings. The van der Waals surface area contributed by atoms with Gasteiger partial charge >= 0.3 is 5.69 Å². The number of amides is 3. The van der Waals surface area contributed by atoms with Crippen molar-refractivity contribution in [3.05, 3.63) is 63.2 Å². The van der Waals surface area contributed by atoms with Gasteiger partial charge in [-0.15, -0.1) is 0 Å². The van der Waals surface area contributed by atoms with E-state index in [9.17, 15) is 29.3 Å². The van der Waals surface area contributed by atoms with Gasteiger partial charge in [-0.3, -0.25) is 34.6 Å². The van der Waals surface area contributed by atoms with Gasteiger partial charge in [0.25, 0.3) is 23.5 Å². The molecule has 0 aliphatic carbocycles. The van der Waals surface area contributed by atoms with Gasteiger partial charge in [0.05, 0.1) is 17.6 Å². The number of ketones is 1. The minimum atomic E-state index is -1.03. The van der Waals surface area contributed by atoms with Crippen molar-refractivity contribution < 1.29 is 28.8 Å². The molecule has 0 saturated heterocycles. The highest BCUT2D eigenvalue weighted by atomic mass is 16.6. The molecule has 27 heavy (non-hydrogen) atoms. The molecule has 136 valence electrons. The fourth-order valence-electron chi connectivity index (χ4n) is 2.61. The number of benzene rings is 2. The molecule has 10 nitrogen and oxygen atoms in total. The Morgan fingerprint density at radius 3 is 2.52 bits per heavy atom. The molecule has 0 bridgehead atoms. The number of anilines is 1. The van der Waals surface area contributed by atoms with Crippen LogP contribution in [0.4, 0.5) is 11.4 Å². The first-order valence-electron chi connectivity index (χ1n) is 7.50. The van der Waals surface area contributed by atoms with E-state index in [1.54, 1.807) is 0 Å². The highest BCUT2D eigenvalue weighted by Crippen LogP contribution is 2.31. The zero-order valence-electron chi connectivity index (χ0n) is 13.8. The zero-order chi connectivity index (χ0) is 19.7. The van der Waals surface area contributed by atoms with Crippen molar-refractivity contribution in [2.24, 2.45) is 0 Å². The molecule has 0 unspecified atom stereocenters. The third-order valence-corrected chi connectivity index (χ3v) is 3.85. The normalized spacial score (nSPS) is 12.9.